The molecule has 0 saturated carbocycles. The number of carbonyl (C=O) groups is 3. The van der Waals surface area contributed by atoms with Crippen LogP contribution in [-0.2, 0) is 14.4 Å². The maximum Gasteiger partial charge on any atom is 0.326 e. The lowest BCUT2D eigenvalue weighted by Crippen LogP contribution is -2.45. The van der Waals surface area contributed by atoms with Crippen molar-refractivity contribution in [1.82, 2.24) is 5.32 Å². The van der Waals surface area contributed by atoms with E-state index in [0.29, 0.717) is 6.42 Å². The molecule has 0 saturated heterocycles. The minimum Gasteiger partial charge on any atom is -0.481 e. The molecular formula is C12H22N2O5. The van der Waals surface area contributed by atoms with Crippen molar-refractivity contribution in [2.45, 2.75) is 45.1 Å². The fourth-order valence-electron chi connectivity index (χ4n) is 1.71. The van der Waals surface area contributed by atoms with Gasteiger partial charge in [0.1, 0.15) is 6.04 Å². The molecule has 0 aromatic heterocycles. The molecule has 5 N–H and O–H groups in total. The summed E-state index contributed by atoms with van der Waals surface area (Å²) in [5.41, 5.74) is 5.47. The molecule has 19 heavy (non-hydrogen) atoms. The molecule has 0 aromatic carbocycles. The van der Waals surface area contributed by atoms with E-state index in [9.17, 15) is 14.4 Å². The molecular weight excluding hydrogens is 252 g/mol. The lowest BCUT2D eigenvalue weighted by atomic mass is 10.0. The highest BCUT2D eigenvalue weighted by atomic mass is 16.4. The van der Waals surface area contributed by atoms with Crippen LogP contribution in [0.15, 0.2) is 0 Å². The standard InChI is InChI=1S/C12H22N2O5/c1-2-4-8(7-13)11(17)14-9(12(18)19)5-3-6-10(15)16/h8-9H,2-7,13H2,1H3,(H,14,17)(H,15,16)(H,18,19)/t8?,9-/m1/s1. The van der Waals surface area contributed by atoms with E-state index in [1.54, 1.807) is 0 Å². The van der Waals surface area contributed by atoms with Gasteiger partial charge in [-0.3, -0.25) is 9.59 Å². The van der Waals surface area contributed by atoms with Crippen LogP contribution in [0.25, 0.3) is 0 Å². The van der Waals surface area contributed by atoms with Gasteiger partial charge in [-0.1, -0.05) is 13.3 Å². The van der Waals surface area contributed by atoms with Gasteiger partial charge in [0.2, 0.25) is 5.91 Å². The Labute approximate surface area is 112 Å². The Morgan fingerprint density at radius 3 is 2.26 bits per heavy atom. The SMILES string of the molecule is CCCC(CN)C(=O)N[C@H](CCCC(=O)O)C(=O)O. The Kier molecular flexibility index (Phi) is 8.52. The monoisotopic (exact) mass is 274 g/mol. The normalized spacial score (nSPS) is 13.6. The highest BCUT2D eigenvalue weighted by Gasteiger charge is 2.23. The molecule has 0 bridgehead atoms. The van der Waals surface area contributed by atoms with Crippen LogP contribution in [0.3, 0.4) is 0 Å². The van der Waals surface area contributed by atoms with Crippen molar-refractivity contribution in [3.63, 3.8) is 0 Å². The van der Waals surface area contributed by atoms with Gasteiger partial charge < -0.3 is 21.3 Å². The summed E-state index contributed by atoms with van der Waals surface area (Å²) in [6, 6.07) is -1.06. The van der Waals surface area contributed by atoms with Gasteiger partial charge in [-0.2, -0.15) is 0 Å². The maximum absolute atomic E-state index is 11.8. The van der Waals surface area contributed by atoms with Gasteiger partial charge >= 0.3 is 11.9 Å². The third kappa shape index (κ3) is 7.40. The van der Waals surface area contributed by atoms with Crippen molar-refractivity contribution in [3.05, 3.63) is 0 Å². The minimum atomic E-state index is -1.16. The molecule has 0 fully saturated rings. The zero-order valence-electron chi connectivity index (χ0n) is 11.1. The molecule has 0 aliphatic carbocycles. The molecule has 1 amide bonds. The molecule has 0 rings (SSSR count). The largest absolute Gasteiger partial charge is 0.481 e. The third-order valence-electron chi connectivity index (χ3n) is 2.79. The maximum atomic E-state index is 11.8. The molecule has 110 valence electrons. The number of aliphatic carboxylic acids is 2. The lowest BCUT2D eigenvalue weighted by Gasteiger charge is -2.18. The molecule has 0 heterocycles. The average molecular weight is 274 g/mol. The third-order valence-corrected chi connectivity index (χ3v) is 2.79. The Bertz CT molecular complexity index is 319. The van der Waals surface area contributed by atoms with Crippen LogP contribution in [0.5, 0.6) is 0 Å². The van der Waals surface area contributed by atoms with Gasteiger partial charge in [0.15, 0.2) is 0 Å². The quantitative estimate of drug-likeness (QED) is 0.450. The summed E-state index contributed by atoms with van der Waals surface area (Å²) in [4.78, 5) is 33.2. The van der Waals surface area contributed by atoms with Crippen molar-refractivity contribution < 1.29 is 24.6 Å². The van der Waals surface area contributed by atoms with E-state index in [1.807, 2.05) is 6.92 Å². The van der Waals surface area contributed by atoms with E-state index in [-0.39, 0.29) is 31.7 Å². The smallest absolute Gasteiger partial charge is 0.326 e. The van der Waals surface area contributed by atoms with Crippen LogP contribution < -0.4 is 11.1 Å². The number of nitrogens with two attached hydrogens (primary N) is 1. The average Bonchev–Trinajstić information content (AvgIpc) is 2.33. The zero-order valence-corrected chi connectivity index (χ0v) is 11.1. The number of hydrogen-bond acceptors (Lipinski definition) is 4. The summed E-state index contributed by atoms with van der Waals surface area (Å²) in [6.45, 7) is 2.08. The Balaban J connectivity index is 4.36. The minimum absolute atomic E-state index is 0.0940. The van der Waals surface area contributed by atoms with Crippen LogP contribution in [0.4, 0.5) is 0 Å². The Hall–Kier alpha value is -1.63. The summed E-state index contributed by atoms with van der Waals surface area (Å²) in [5, 5.41) is 19.9. The van der Waals surface area contributed by atoms with Gasteiger partial charge in [-0.05, 0) is 19.3 Å². The second-order valence-corrected chi connectivity index (χ2v) is 4.41. The van der Waals surface area contributed by atoms with Crippen LogP contribution in [-0.4, -0.2) is 40.6 Å². The van der Waals surface area contributed by atoms with Gasteiger partial charge in [0.25, 0.3) is 0 Å². The summed E-state index contributed by atoms with van der Waals surface area (Å²) in [5.74, 6) is -2.93. The van der Waals surface area contributed by atoms with Crippen molar-refractivity contribution in [2.24, 2.45) is 11.7 Å². The predicted octanol–water partition coefficient (Wildman–Crippen LogP) is 0.186. The molecule has 0 aliphatic heterocycles. The van der Waals surface area contributed by atoms with E-state index in [1.165, 1.54) is 0 Å². The second kappa shape index (κ2) is 9.32. The molecule has 0 aliphatic rings. The molecule has 7 heteroatoms. The topological polar surface area (TPSA) is 130 Å². The van der Waals surface area contributed by atoms with Gasteiger partial charge in [-0.25, -0.2) is 4.79 Å². The van der Waals surface area contributed by atoms with Gasteiger partial charge in [0.05, 0.1) is 5.92 Å². The van der Waals surface area contributed by atoms with E-state index < -0.39 is 23.9 Å². The number of rotatable bonds is 10. The highest BCUT2D eigenvalue weighted by molar-refractivity contribution is 5.85. The number of carboxylic acids is 2. The van der Waals surface area contributed by atoms with Crippen molar-refractivity contribution in [2.75, 3.05) is 6.54 Å². The van der Waals surface area contributed by atoms with E-state index in [2.05, 4.69) is 5.32 Å². The number of amides is 1. The summed E-state index contributed by atoms with van der Waals surface area (Å²) in [7, 11) is 0. The first-order valence-electron chi connectivity index (χ1n) is 6.37. The number of nitrogens with one attached hydrogen (secondary N) is 1. The number of hydrogen-bond donors (Lipinski definition) is 4. The fourth-order valence-corrected chi connectivity index (χ4v) is 1.71. The van der Waals surface area contributed by atoms with Crippen LogP contribution >= 0.6 is 0 Å². The van der Waals surface area contributed by atoms with Crippen LogP contribution in [0, 0.1) is 5.92 Å². The molecule has 2 atom stereocenters. The lowest BCUT2D eigenvalue weighted by molar-refractivity contribution is -0.143. The van der Waals surface area contributed by atoms with E-state index >= 15 is 0 Å². The molecule has 0 aromatic rings. The van der Waals surface area contributed by atoms with Crippen molar-refractivity contribution in [3.8, 4) is 0 Å². The first kappa shape index (κ1) is 17.4. The Morgan fingerprint density at radius 1 is 1.21 bits per heavy atom. The van der Waals surface area contributed by atoms with E-state index in [0.717, 1.165) is 6.42 Å². The van der Waals surface area contributed by atoms with Crippen LogP contribution in [0.1, 0.15) is 39.0 Å². The van der Waals surface area contributed by atoms with Gasteiger partial charge in [-0.15, -0.1) is 0 Å². The van der Waals surface area contributed by atoms with Gasteiger partial charge in [0, 0.05) is 13.0 Å². The zero-order chi connectivity index (χ0) is 14.8. The first-order valence-corrected chi connectivity index (χ1v) is 6.37. The molecule has 1 unspecified atom stereocenters. The number of carboxylic acid groups (broad SMARTS) is 2. The molecule has 0 spiro atoms. The summed E-state index contributed by atoms with van der Waals surface area (Å²) < 4.78 is 0. The van der Waals surface area contributed by atoms with E-state index in [4.69, 9.17) is 15.9 Å². The van der Waals surface area contributed by atoms with Crippen molar-refractivity contribution in [1.29, 1.82) is 0 Å². The molecule has 7 nitrogen and oxygen atoms in total. The summed E-state index contributed by atoms with van der Waals surface area (Å²) in [6.07, 6.45) is 1.56. The predicted molar refractivity (Wildman–Crippen MR) is 68.5 cm³/mol. The summed E-state index contributed by atoms with van der Waals surface area (Å²) >= 11 is 0. The highest BCUT2D eigenvalue weighted by Crippen LogP contribution is 2.07. The van der Waals surface area contributed by atoms with Crippen molar-refractivity contribution >= 4 is 17.8 Å². The second-order valence-electron chi connectivity index (χ2n) is 4.41. The number of carbonyl (C=O) groups excluding carboxylic acids is 1. The molecule has 0 radical (unpaired) electrons. The fraction of sp³-hybridized carbons (Fsp3) is 0.750. The van der Waals surface area contributed by atoms with Crippen LogP contribution in [0.2, 0.25) is 0 Å². The first-order chi connectivity index (χ1) is 8.92. The Morgan fingerprint density at radius 2 is 1.84 bits per heavy atom.